The van der Waals surface area contributed by atoms with E-state index in [4.69, 9.17) is 20.7 Å². The molecule has 0 aliphatic carbocycles. The maximum absolute atomic E-state index is 7.76. The molecule has 0 amide bonds. The molecular formula is C6H8N2O2. The number of nitriles is 2. The summed E-state index contributed by atoms with van der Waals surface area (Å²) in [5.74, 6) is 0. The van der Waals surface area contributed by atoms with Gasteiger partial charge in [-0.2, -0.15) is 10.5 Å². The monoisotopic (exact) mass is 140 g/mol. The van der Waals surface area contributed by atoms with Crippen LogP contribution in [0.1, 0.15) is 0 Å². The van der Waals surface area contributed by atoms with Crippen LogP contribution in [0.15, 0.2) is 12.2 Å². The number of hydrogen-bond acceptors (Lipinski definition) is 4. The van der Waals surface area contributed by atoms with Crippen LogP contribution < -0.4 is 0 Å². The zero-order valence-electron chi connectivity index (χ0n) is 5.41. The molecule has 0 aromatic rings. The topological polar surface area (TPSA) is 88.0 Å². The van der Waals surface area contributed by atoms with Gasteiger partial charge in [-0.15, -0.1) is 0 Å². The minimum Gasteiger partial charge on any atom is -0.394 e. The van der Waals surface area contributed by atoms with E-state index in [9.17, 15) is 0 Å². The maximum Gasteiger partial charge on any atom is 0.122 e. The second-order valence-electron chi connectivity index (χ2n) is 1.15. The van der Waals surface area contributed by atoms with E-state index in [1.54, 1.807) is 12.1 Å². The molecule has 0 saturated heterocycles. The van der Waals surface area contributed by atoms with E-state index in [0.717, 1.165) is 0 Å². The van der Waals surface area contributed by atoms with Crippen molar-refractivity contribution in [1.29, 1.82) is 10.5 Å². The van der Waals surface area contributed by atoms with Crippen LogP contribution in [0.5, 0.6) is 0 Å². The number of aliphatic hydroxyl groups is 2. The number of nitrogens with zero attached hydrogens (tertiary/aromatic N) is 2. The summed E-state index contributed by atoms with van der Waals surface area (Å²) in [4.78, 5) is 0. The molecule has 0 bridgehead atoms. The van der Waals surface area contributed by atoms with Gasteiger partial charge in [-0.3, -0.25) is 0 Å². The Labute approximate surface area is 59.3 Å². The third-order valence-corrected chi connectivity index (χ3v) is 0.370. The van der Waals surface area contributed by atoms with Crippen molar-refractivity contribution in [3.05, 3.63) is 12.2 Å². The standard InChI is InChI=1S/C4H2N2.C2H6O2/c1-4(2-5)3-6;3-1-2-4/h1H2;3-4H,1-2H2. The van der Waals surface area contributed by atoms with Crippen molar-refractivity contribution in [2.24, 2.45) is 0 Å². The average Bonchev–Trinajstić information content (AvgIpc) is 2.03. The highest BCUT2D eigenvalue weighted by Crippen LogP contribution is 1.75. The van der Waals surface area contributed by atoms with E-state index in [1.807, 2.05) is 0 Å². The van der Waals surface area contributed by atoms with E-state index < -0.39 is 0 Å². The minimum absolute atomic E-state index is 0.0463. The molecule has 0 aliphatic rings. The van der Waals surface area contributed by atoms with Gasteiger partial charge in [0.15, 0.2) is 0 Å². The van der Waals surface area contributed by atoms with Gasteiger partial charge in [-0.25, -0.2) is 0 Å². The van der Waals surface area contributed by atoms with E-state index in [-0.39, 0.29) is 18.8 Å². The first-order chi connectivity index (χ1) is 4.72. The third-order valence-electron chi connectivity index (χ3n) is 0.370. The molecule has 2 N–H and O–H groups in total. The lowest BCUT2D eigenvalue weighted by molar-refractivity contribution is 0.186. The smallest absolute Gasteiger partial charge is 0.122 e. The van der Waals surface area contributed by atoms with Gasteiger partial charge in [0.25, 0.3) is 0 Å². The predicted octanol–water partition coefficient (Wildman–Crippen LogP) is -0.439. The SMILES string of the molecule is C=C(C#N)C#N.OCCO. The summed E-state index contributed by atoms with van der Waals surface area (Å²) in [5.41, 5.74) is -0.0463. The third kappa shape index (κ3) is 15.9. The molecule has 0 aromatic carbocycles. The molecule has 0 aliphatic heterocycles. The summed E-state index contributed by atoms with van der Waals surface area (Å²) >= 11 is 0. The van der Waals surface area contributed by atoms with E-state index >= 15 is 0 Å². The second kappa shape index (κ2) is 10.6. The second-order valence-corrected chi connectivity index (χ2v) is 1.15. The van der Waals surface area contributed by atoms with Gasteiger partial charge in [-0.1, -0.05) is 6.58 Å². The maximum atomic E-state index is 7.76. The molecule has 0 heterocycles. The Morgan fingerprint density at radius 2 is 1.50 bits per heavy atom. The van der Waals surface area contributed by atoms with Crippen LogP contribution in [0, 0.1) is 22.7 Å². The fourth-order valence-electron chi connectivity index (χ4n) is 0.0250. The lowest BCUT2D eigenvalue weighted by Crippen LogP contribution is -1.85. The molecule has 4 nitrogen and oxygen atoms in total. The molecular weight excluding hydrogens is 132 g/mol. The molecule has 0 rings (SSSR count). The molecule has 0 radical (unpaired) electrons. The first-order valence-electron chi connectivity index (χ1n) is 2.43. The van der Waals surface area contributed by atoms with Crippen molar-refractivity contribution >= 4 is 0 Å². The summed E-state index contributed by atoms with van der Waals surface area (Å²) in [6.45, 7) is 2.82. The zero-order chi connectivity index (χ0) is 8.41. The lowest BCUT2D eigenvalue weighted by Gasteiger charge is -1.70. The van der Waals surface area contributed by atoms with Crippen molar-refractivity contribution in [1.82, 2.24) is 0 Å². The van der Waals surface area contributed by atoms with Gasteiger partial charge in [0.1, 0.15) is 17.7 Å². The molecule has 54 valence electrons. The van der Waals surface area contributed by atoms with Crippen LogP contribution in [-0.4, -0.2) is 23.4 Å². The number of allylic oxidation sites excluding steroid dienone is 1. The Hall–Kier alpha value is -1.36. The van der Waals surface area contributed by atoms with Crippen molar-refractivity contribution in [3.63, 3.8) is 0 Å². The average molecular weight is 140 g/mol. The Bertz CT molecular complexity index is 146. The molecule has 0 aromatic heterocycles. The Morgan fingerprint density at radius 1 is 1.20 bits per heavy atom. The van der Waals surface area contributed by atoms with Crippen LogP contribution >= 0.6 is 0 Å². The van der Waals surface area contributed by atoms with E-state index in [0.29, 0.717) is 0 Å². The molecule has 0 spiro atoms. The normalized spacial score (nSPS) is 6.00. The molecule has 0 atom stereocenters. The highest BCUT2D eigenvalue weighted by atomic mass is 16.3. The van der Waals surface area contributed by atoms with Crippen LogP contribution in [0.3, 0.4) is 0 Å². The van der Waals surface area contributed by atoms with Crippen LogP contribution in [-0.2, 0) is 0 Å². The summed E-state index contributed by atoms with van der Waals surface area (Å²) in [6, 6.07) is 3.12. The Kier molecular flexibility index (Phi) is 12.1. The number of aliphatic hydroxyl groups excluding tert-OH is 2. The van der Waals surface area contributed by atoms with Gasteiger partial charge in [0.2, 0.25) is 0 Å². The molecule has 0 saturated carbocycles. The van der Waals surface area contributed by atoms with Gasteiger partial charge < -0.3 is 10.2 Å². The van der Waals surface area contributed by atoms with Gasteiger partial charge in [0, 0.05) is 0 Å². The summed E-state index contributed by atoms with van der Waals surface area (Å²) in [6.07, 6.45) is 0. The van der Waals surface area contributed by atoms with Crippen molar-refractivity contribution in [3.8, 4) is 12.1 Å². The Balaban J connectivity index is 0. The highest BCUT2D eigenvalue weighted by Gasteiger charge is 1.76. The van der Waals surface area contributed by atoms with Crippen LogP contribution in [0.25, 0.3) is 0 Å². The lowest BCUT2D eigenvalue weighted by atomic mass is 10.4. The summed E-state index contributed by atoms with van der Waals surface area (Å²) < 4.78 is 0. The fraction of sp³-hybridized carbons (Fsp3) is 0.333. The van der Waals surface area contributed by atoms with Gasteiger partial charge in [0.05, 0.1) is 13.2 Å². The highest BCUT2D eigenvalue weighted by molar-refractivity contribution is 5.31. The Morgan fingerprint density at radius 3 is 1.50 bits per heavy atom. The van der Waals surface area contributed by atoms with Crippen molar-refractivity contribution < 1.29 is 10.2 Å². The van der Waals surface area contributed by atoms with Gasteiger partial charge >= 0.3 is 0 Å². The first kappa shape index (κ1) is 11.4. The molecule has 4 heteroatoms. The molecule has 10 heavy (non-hydrogen) atoms. The quantitative estimate of drug-likeness (QED) is 0.483. The predicted molar refractivity (Wildman–Crippen MR) is 34.5 cm³/mol. The molecule has 0 unspecified atom stereocenters. The molecule has 0 fully saturated rings. The van der Waals surface area contributed by atoms with Crippen molar-refractivity contribution in [2.45, 2.75) is 0 Å². The zero-order valence-corrected chi connectivity index (χ0v) is 5.41. The van der Waals surface area contributed by atoms with E-state index in [1.165, 1.54) is 0 Å². The van der Waals surface area contributed by atoms with E-state index in [2.05, 4.69) is 6.58 Å². The largest absolute Gasteiger partial charge is 0.394 e. The fourth-order valence-corrected chi connectivity index (χ4v) is 0.0250. The minimum atomic E-state index is -0.125. The summed E-state index contributed by atoms with van der Waals surface area (Å²) in [7, 11) is 0. The summed E-state index contributed by atoms with van der Waals surface area (Å²) in [5, 5.41) is 30.8. The van der Waals surface area contributed by atoms with Crippen LogP contribution in [0.4, 0.5) is 0 Å². The number of hydrogen-bond donors (Lipinski definition) is 2. The number of rotatable bonds is 1. The van der Waals surface area contributed by atoms with Crippen molar-refractivity contribution in [2.75, 3.05) is 13.2 Å². The van der Waals surface area contributed by atoms with Gasteiger partial charge in [-0.05, 0) is 0 Å². The van der Waals surface area contributed by atoms with Crippen LogP contribution in [0.2, 0.25) is 0 Å². The first-order valence-corrected chi connectivity index (χ1v) is 2.43.